The molecule has 30 N–H and O–H groups in total. The first-order chi connectivity index (χ1) is 70.1. The highest BCUT2D eigenvalue weighted by Gasteiger charge is 2.59. The Hall–Kier alpha value is -8.54. The number of nitrogens with one attached hydrogen (secondary N) is 5. The smallest absolute Gasteiger partial charge is 0.410 e. The maximum absolute atomic E-state index is 14.4. The number of aryl methyl sites for hydroxylation is 2. The molecular weight excluding hydrogens is 1920 g/mol. The van der Waals surface area contributed by atoms with E-state index in [2.05, 4.69) is 26.6 Å². The summed E-state index contributed by atoms with van der Waals surface area (Å²) in [5, 5.41) is 182. The van der Waals surface area contributed by atoms with Crippen LogP contribution in [0.2, 0.25) is 0 Å². The van der Waals surface area contributed by atoms with Gasteiger partial charge in [0, 0.05) is 44.1 Å². The van der Waals surface area contributed by atoms with Gasteiger partial charge in [-0.3, -0.25) is 9.59 Å². The van der Waals surface area contributed by atoms with E-state index in [0.717, 1.165) is 35.1 Å². The third-order valence-electron chi connectivity index (χ3n) is 27.5. The number of rotatable bonds is 44. The highest BCUT2D eigenvalue weighted by Crippen LogP contribution is 2.41. The van der Waals surface area contributed by atoms with Crippen LogP contribution in [0.3, 0.4) is 0 Å². The SMILES string of the molecule is CCC[C@H](O)C(=O)N[C@@H]1C[C@H](NC(=O)OCc2ccccc2)[C@@H](O[C@H]2O[C@H](CN(CCCc3ccccc3)C(=O)OCc3ccccc3)[C@@H](O)[C@H](O)[C@H]2C)[C@H](O[C@@H]2O[C@H](CO)[C@@H](O[C@H]3O[C@@H](CNC(=O)OCc4ccccc4)[C@@H](O)[C@H](O)[C@H]3C)[C@H]2O)[C@H]1O.NCC[C@H](O)C(=O)N[C@@H]1C[C@H](N)[C@@H](O[C@H]2O[C@H](CNCCCc3ccccc3)[C@@H](O)[C@H](O)[C@H]2N)[C@H](O[C@@H]2O[C@H](CF)[C@@H](O[C@H]3O[C@@H](CN)[C@@H](O)[C@H](O)[C@H]3N)[C@H]2O)[C@H]1O. The van der Waals surface area contributed by atoms with Crippen LogP contribution in [0.5, 0.6) is 0 Å². The molecule has 5 aromatic carbocycles. The zero-order chi connectivity index (χ0) is 105. The van der Waals surface area contributed by atoms with E-state index in [1.807, 2.05) is 72.8 Å². The molecule has 5 amide bonds. The number of aliphatic hydroxyl groups excluding tert-OH is 15. The molecule has 146 heavy (non-hydrogen) atoms. The van der Waals surface area contributed by atoms with Crippen molar-refractivity contribution in [1.82, 2.24) is 31.5 Å². The molecule has 40 atom stereocenters. The van der Waals surface area contributed by atoms with Crippen LogP contribution in [0, 0.1) is 11.8 Å². The number of ether oxygens (including phenoxy) is 15. The fraction of sp³-hybridized carbons (Fsp3) is 0.646. The molecule has 8 aliphatic rings. The van der Waals surface area contributed by atoms with Gasteiger partial charge in [0.1, 0.15) is 173 Å². The molecule has 814 valence electrons. The van der Waals surface area contributed by atoms with Crippen LogP contribution in [-0.4, -0.2) is 403 Å². The van der Waals surface area contributed by atoms with Crippen molar-refractivity contribution in [2.45, 2.75) is 331 Å². The molecule has 6 saturated heterocycles. The fourth-order valence-electron chi connectivity index (χ4n) is 18.8. The summed E-state index contributed by atoms with van der Waals surface area (Å²) in [6.45, 7) is 2.34. The van der Waals surface area contributed by atoms with E-state index in [1.54, 1.807) is 85.8 Å². The Morgan fingerprint density at radius 1 is 0.418 bits per heavy atom. The lowest BCUT2D eigenvalue weighted by Crippen LogP contribution is -2.69. The number of alkyl carbamates (subject to hydrolysis) is 2. The highest BCUT2D eigenvalue weighted by molar-refractivity contribution is 5.81. The van der Waals surface area contributed by atoms with Gasteiger partial charge in [0.05, 0.1) is 55.6 Å². The molecule has 0 aromatic heterocycles. The molecule has 0 unspecified atom stereocenters. The molecular formula is C99H146FN11O35. The van der Waals surface area contributed by atoms with Crippen LogP contribution >= 0.6 is 0 Å². The zero-order valence-corrected chi connectivity index (χ0v) is 81.5. The Bertz CT molecular complexity index is 4710. The molecule has 2 aliphatic carbocycles. The van der Waals surface area contributed by atoms with Gasteiger partial charge in [0.2, 0.25) is 11.8 Å². The topological polar surface area (TPSA) is 721 Å². The molecule has 6 heterocycles. The second-order valence-corrected chi connectivity index (χ2v) is 38.1. The minimum absolute atomic E-state index is 0.00549. The molecule has 6 aliphatic heterocycles. The first-order valence-corrected chi connectivity index (χ1v) is 49.6. The summed E-state index contributed by atoms with van der Waals surface area (Å²) in [6.07, 6.45) is -48.8. The summed E-state index contributed by atoms with van der Waals surface area (Å²) in [7, 11) is 0. The van der Waals surface area contributed by atoms with Gasteiger partial charge in [-0.15, -0.1) is 0 Å². The van der Waals surface area contributed by atoms with Crippen LogP contribution in [0.1, 0.15) is 93.5 Å². The van der Waals surface area contributed by atoms with Gasteiger partial charge < -0.3 is 208 Å². The molecule has 0 radical (unpaired) electrons. The maximum Gasteiger partial charge on any atom is 0.410 e. The predicted molar refractivity (Wildman–Crippen MR) is 510 cm³/mol. The summed E-state index contributed by atoms with van der Waals surface area (Å²) in [6, 6.07) is 38.6. The monoisotopic (exact) mass is 2070 g/mol. The summed E-state index contributed by atoms with van der Waals surface area (Å²) in [5.41, 5.74) is 34.3. The van der Waals surface area contributed by atoms with E-state index in [1.165, 1.54) is 18.7 Å². The summed E-state index contributed by atoms with van der Waals surface area (Å²) in [5.74, 6) is -3.79. The number of hydrogen-bond donors (Lipinski definition) is 25. The number of amides is 5. The number of nitrogens with zero attached hydrogens (tertiary/aromatic N) is 1. The minimum atomic E-state index is -1.86. The van der Waals surface area contributed by atoms with Crippen molar-refractivity contribution in [3.05, 3.63) is 179 Å². The Morgan fingerprint density at radius 3 is 1.34 bits per heavy atom. The minimum Gasteiger partial charge on any atom is -0.445 e. The van der Waals surface area contributed by atoms with Gasteiger partial charge in [0.15, 0.2) is 37.7 Å². The first kappa shape index (κ1) is 116. The largest absolute Gasteiger partial charge is 0.445 e. The van der Waals surface area contributed by atoms with Gasteiger partial charge in [0.25, 0.3) is 0 Å². The Morgan fingerprint density at radius 2 is 0.822 bits per heavy atom. The molecule has 8 fully saturated rings. The maximum atomic E-state index is 14.4. The fourth-order valence-corrected chi connectivity index (χ4v) is 18.8. The number of nitrogens with two attached hydrogens (primary N) is 5. The van der Waals surface area contributed by atoms with Crippen molar-refractivity contribution in [1.29, 1.82) is 0 Å². The number of alkyl halides is 1. The van der Waals surface area contributed by atoms with Gasteiger partial charge in [-0.1, -0.05) is 179 Å². The first-order valence-electron chi connectivity index (χ1n) is 49.6. The Labute approximate surface area is 844 Å². The average Bonchev–Trinajstić information content (AvgIpc) is 1.39. The van der Waals surface area contributed by atoms with Crippen LogP contribution < -0.4 is 55.3 Å². The summed E-state index contributed by atoms with van der Waals surface area (Å²) in [4.78, 5) is 68.4. The second kappa shape index (κ2) is 56.5. The van der Waals surface area contributed by atoms with Crippen molar-refractivity contribution in [3.63, 3.8) is 0 Å². The standard InChI is InChI=1S/C63H84N4O21.C36H62FN7O14/c1-4-18-44(69)57(76)65-42-29-43(66-62(78)81-34-40-23-13-7-14-24-40)54(86-59-37(3)49(71)52(74)46(84-59)31-67(28-17-27-38-19-9-5-10-20-38)63(79)82-35-41-25-15-8-16-26-41)56(50(42)72)88-60-53(75)55(47(32-68)85-60)87-58-36(2)48(70)51(73)45(83-58)30-64-61(77)80-33-39-21-11-6-12-22-39;37-12-19-31(57-34-22(41)27(49)25(47)20(13-39)54-34)29(51)36(53-19)58-32-24(46)17(44-33(52)18(45)8-9-38)11-16(40)30(32)56-35-23(42)28(50)26(48)21(55-35)14-43-10-4-7-15-5-2-1-3-6-15/h5-16,19-26,36-37,42-56,58-60,68-75H,4,17-18,27-35H2,1-3H3,(H,64,77)(H,65,76)(H,66,78);1-3,5-6,16-32,34-36,43,45-51H,4,7-14,38-42H2,(H,44,52)/t36-,37-,42-,43+,44+,45+,46-,47-,48-,49-,50+,51-,52-,53-,54-,55-,56-,58-,59-,60+;16-,17+,18-,19+,20-,21+,22+,23+,24-,25+,26+,27+,28+,29+,30+,31+,32+,34+,35+,36-/m10/s1. The van der Waals surface area contributed by atoms with Crippen molar-refractivity contribution in [2.24, 2.45) is 40.5 Å². The van der Waals surface area contributed by atoms with Crippen molar-refractivity contribution in [3.8, 4) is 0 Å². The normalized spacial score (nSPS) is 36.0. The van der Waals surface area contributed by atoms with Crippen LogP contribution in [0.15, 0.2) is 152 Å². The van der Waals surface area contributed by atoms with E-state index in [-0.39, 0.29) is 84.8 Å². The van der Waals surface area contributed by atoms with Gasteiger partial charge in [-0.2, -0.15) is 0 Å². The van der Waals surface area contributed by atoms with Gasteiger partial charge in [-0.25, -0.2) is 18.8 Å². The lowest BCUT2D eigenvalue weighted by molar-refractivity contribution is -0.321. The van der Waals surface area contributed by atoms with E-state index >= 15 is 0 Å². The molecule has 46 nitrogen and oxygen atoms in total. The molecule has 47 heteroatoms. The Balaban J connectivity index is 0.000000283. The number of carbonyl (C=O) groups excluding carboxylic acids is 5. The highest BCUT2D eigenvalue weighted by atomic mass is 19.1. The third-order valence-corrected chi connectivity index (χ3v) is 27.5. The number of hydrogen-bond acceptors (Lipinski definition) is 41. The van der Waals surface area contributed by atoms with Crippen molar-refractivity contribution < 1.29 is 176 Å². The van der Waals surface area contributed by atoms with Crippen molar-refractivity contribution in [2.75, 3.05) is 59.1 Å². The Kier molecular flexibility index (Phi) is 45.0. The molecule has 0 spiro atoms. The van der Waals surface area contributed by atoms with E-state index in [4.69, 9.17) is 99.7 Å². The lowest BCUT2D eigenvalue weighted by atomic mass is 9.82. The summed E-state index contributed by atoms with van der Waals surface area (Å²) >= 11 is 0. The summed E-state index contributed by atoms with van der Waals surface area (Å²) < 4.78 is 105. The predicted octanol–water partition coefficient (Wildman–Crippen LogP) is -4.50. The van der Waals surface area contributed by atoms with E-state index in [9.17, 15) is 105 Å². The lowest BCUT2D eigenvalue weighted by Gasteiger charge is -2.49. The number of benzene rings is 5. The zero-order valence-electron chi connectivity index (χ0n) is 81.5. The molecule has 2 saturated carbocycles. The van der Waals surface area contributed by atoms with Crippen LogP contribution in [0.25, 0.3) is 0 Å². The quantitative estimate of drug-likeness (QED) is 0.0129. The van der Waals surface area contributed by atoms with Crippen LogP contribution in [0.4, 0.5) is 18.8 Å². The van der Waals surface area contributed by atoms with E-state index in [0.29, 0.717) is 31.4 Å². The average molecular weight is 2070 g/mol. The second-order valence-electron chi connectivity index (χ2n) is 38.1. The molecule has 5 aromatic rings. The van der Waals surface area contributed by atoms with Crippen molar-refractivity contribution >= 4 is 30.1 Å². The molecule has 0 bridgehead atoms. The number of carbonyl (C=O) groups is 5. The van der Waals surface area contributed by atoms with Gasteiger partial charge >= 0.3 is 18.3 Å². The number of halogens is 1. The third kappa shape index (κ3) is 30.9. The van der Waals surface area contributed by atoms with Crippen LogP contribution in [-0.2, 0) is 113 Å². The van der Waals surface area contributed by atoms with Gasteiger partial charge in [-0.05, 0) is 92.3 Å². The molecule has 13 rings (SSSR count). The van der Waals surface area contributed by atoms with E-state index < -0.39 is 288 Å². The number of aliphatic hydroxyl groups is 15.